The third-order valence-corrected chi connectivity index (χ3v) is 13.0. The third-order valence-electron chi connectivity index (χ3n) is 12.0. The van der Waals surface area contributed by atoms with Crippen LogP contribution in [0.5, 0.6) is 0 Å². The Morgan fingerprint density at radius 2 is 0.603 bits per heavy atom. The molecule has 581 valence electrons. The number of hydrogen-bond donors (Lipinski definition) is 0. The van der Waals surface area contributed by atoms with Gasteiger partial charge in [-0.1, -0.05) is 259 Å². The SMILES string of the molecule is CC.CC.CC.Cc1[c-]c2c(cc1)Cc1ccccc1C2.Cc1c(-c2ccccc2)c(-c2ccccc2)nn1-c1ccccc1.Cc1ccc(-c2nc(C)[c-]s2)cc1.Cc1nc(-c2ccccc2)c(-c2ccccc2)o1.[CH3-].[CH3-].[CH3-].[CH3-].[CH3-].[CH3-].[CH3-].[CH3-].[CH3-].[CH3-].[CH3-].[CH3-].[Y].[Y].[Y].[Y].[Y].[Y].[Y].[Y].[Y].[Y].[Y].[Y].[Y].[Y].[Y].[Y].[Y].[Y].[Y].[Y].[Y].[Y].[Y].[Y].[Y].[Y].[Y].[Y].[Y].[Y].[Y].[Y].[Y]. The van der Waals surface area contributed by atoms with Gasteiger partial charge in [-0.05, 0) is 61.9 Å². The number of benzene rings is 8. The molecular formula is C82H108N4OSY33-14. The molecule has 3 heterocycles. The predicted octanol–water partition coefficient (Wildman–Crippen LogP) is 24.7. The summed E-state index contributed by atoms with van der Waals surface area (Å²) in [5.41, 5.74) is 20.2. The molecule has 0 N–H and O–H groups in total. The van der Waals surface area contributed by atoms with Crippen molar-refractivity contribution in [1.29, 1.82) is 0 Å². The number of para-hydroxylation sites is 1. The first-order chi connectivity index (χ1) is 37.3. The summed E-state index contributed by atoms with van der Waals surface area (Å²) in [5.74, 6) is 1.52. The van der Waals surface area contributed by atoms with Gasteiger partial charge in [0.05, 0.1) is 5.69 Å². The zero-order chi connectivity index (χ0) is 54.2. The fraction of sp³-hybridized carbons (Fsp3) is 0.159. The van der Waals surface area contributed by atoms with E-state index in [2.05, 4.69) is 164 Å². The molecule has 0 saturated carbocycles. The molecule has 33 radical (unpaired) electrons. The number of fused-ring (bicyclic) bond motifs is 2. The zero-order valence-corrected chi connectivity index (χ0v) is 172. The van der Waals surface area contributed by atoms with Crippen LogP contribution in [0.15, 0.2) is 217 Å². The Labute approximate surface area is 1580 Å². The van der Waals surface area contributed by atoms with Gasteiger partial charge in [0.2, 0.25) is 0 Å². The molecule has 5 nitrogen and oxygen atoms in total. The minimum Gasteiger partial charge on any atom is -0.440 e. The van der Waals surface area contributed by atoms with Crippen molar-refractivity contribution in [3.8, 4) is 61.2 Å². The molecule has 1 aliphatic rings. The van der Waals surface area contributed by atoms with E-state index in [0.29, 0.717) is 5.89 Å². The second kappa shape index (κ2) is 176. The summed E-state index contributed by atoms with van der Waals surface area (Å²) >= 11 is 1.57. The molecule has 0 fully saturated rings. The van der Waals surface area contributed by atoms with Gasteiger partial charge in [0.1, 0.15) is 11.4 Å². The molecule has 39 heteroatoms. The Hall–Kier alpha value is 28.2. The van der Waals surface area contributed by atoms with Gasteiger partial charge in [-0.3, -0.25) is 0 Å². The number of nitrogens with zero attached hydrogens (tertiary/aromatic N) is 4. The van der Waals surface area contributed by atoms with Crippen LogP contribution in [0.25, 0.3) is 61.2 Å². The van der Waals surface area contributed by atoms with E-state index in [1.165, 1.54) is 50.1 Å². The number of rotatable bonds is 6. The molecule has 0 unspecified atom stereocenters. The van der Waals surface area contributed by atoms with Gasteiger partial charge in [0.25, 0.3) is 0 Å². The van der Waals surface area contributed by atoms with Crippen LogP contribution in [0.2, 0.25) is 0 Å². The van der Waals surface area contributed by atoms with Gasteiger partial charge in [-0.15, -0.1) is 5.56 Å². The quantitative estimate of drug-likeness (QED) is 0.156. The van der Waals surface area contributed by atoms with Gasteiger partial charge < -0.3 is 110 Å². The van der Waals surface area contributed by atoms with Crippen LogP contribution >= 0.6 is 11.3 Å². The second-order valence-electron chi connectivity index (χ2n) is 17.3. The van der Waals surface area contributed by atoms with Crippen molar-refractivity contribution in [1.82, 2.24) is 19.7 Å². The van der Waals surface area contributed by atoms with Crippen LogP contribution in [0.1, 0.15) is 92.2 Å². The van der Waals surface area contributed by atoms with Crippen molar-refractivity contribution in [3.05, 3.63) is 364 Å². The fourth-order valence-electron chi connectivity index (χ4n) is 8.52. The van der Waals surface area contributed by atoms with Crippen molar-refractivity contribution < 1.29 is 1080 Å². The maximum absolute atomic E-state index is 5.74. The summed E-state index contributed by atoms with van der Waals surface area (Å²) in [4.78, 5) is 8.86. The van der Waals surface area contributed by atoms with Crippen molar-refractivity contribution in [2.75, 3.05) is 0 Å². The van der Waals surface area contributed by atoms with Gasteiger partial charge in [-0.2, -0.15) is 39.8 Å². The van der Waals surface area contributed by atoms with E-state index in [1.807, 2.05) is 151 Å². The minimum absolute atomic E-state index is 0. The standard InChI is InChI=1S/C22H18N2.C16H13NO.C15H13.C11H10NS.3C2H6.12CH3.33Y/c1-17-21(18-11-5-2-6-12-18)22(19-13-7-3-8-14-19)23-24(17)20-15-9-4-10-16-20;1-12-17-15(13-8-4-2-5-9-13)16(18-12)14-10-6-3-7-11-14;1-11-6-7-14-9-12-4-2-3-5-13(12)10-15(14)8-11;1-8-3-5-10(6-4-8)11-12-9(2)7-13-11;3*1-2;;;;;;;;;;;;;;;;;;;;;;;;;;;;;;;;;;;;;;;;;;;;;/h2-16H,1H3;2-11H,1H3;2-7H,9-10H2,1H3;3-6H,1-2H3;3*1-2H3;12*1H3;;;;;;;;;;;;;;;;;;;;;;;;;;;;;;;;;/q;;2*-1;;;;12*-1;;;;;;;;;;;;;;;;;;;;;;;;;;;;;;;;;. The molecule has 0 aliphatic heterocycles. The number of thiazole rings is 1. The van der Waals surface area contributed by atoms with E-state index < -0.39 is 0 Å². The Morgan fingerprint density at radius 3 is 0.942 bits per heavy atom. The molecule has 121 heavy (non-hydrogen) atoms. The molecule has 0 atom stereocenters. The van der Waals surface area contributed by atoms with Crippen molar-refractivity contribution in [3.63, 3.8) is 0 Å². The van der Waals surface area contributed by atoms with Gasteiger partial charge >= 0.3 is 0 Å². The summed E-state index contributed by atoms with van der Waals surface area (Å²) in [5, 5.41) is 9.11. The monoisotopic (exact) mass is 4130 g/mol. The first kappa shape index (κ1) is 275. The van der Waals surface area contributed by atoms with E-state index in [9.17, 15) is 0 Å². The number of aryl methyl sites for hydroxylation is 4. The van der Waals surface area contributed by atoms with Gasteiger partial charge in [0, 0.05) is 1110 Å². The molecule has 1 aliphatic carbocycles. The van der Waals surface area contributed by atoms with Crippen molar-refractivity contribution in [2.45, 2.75) is 89.0 Å². The van der Waals surface area contributed by atoms with E-state index in [4.69, 9.17) is 9.52 Å². The van der Waals surface area contributed by atoms with Crippen LogP contribution in [0.3, 0.4) is 0 Å². The topological polar surface area (TPSA) is 56.7 Å². The summed E-state index contributed by atoms with van der Waals surface area (Å²) in [6.45, 7) is 22.2. The molecule has 8 aromatic carbocycles. The Bertz CT molecular complexity index is 3440. The van der Waals surface area contributed by atoms with Crippen LogP contribution in [-0.4, -0.2) is 19.7 Å². The van der Waals surface area contributed by atoms with E-state index in [0.717, 1.165) is 68.8 Å². The Morgan fingerprint density at radius 1 is 0.298 bits per heavy atom. The zero-order valence-electron chi connectivity index (χ0n) is 77.3. The minimum atomic E-state index is 0. The fourth-order valence-corrected chi connectivity index (χ4v) is 9.25. The smallest absolute Gasteiger partial charge is 0.192 e. The molecular weight excluding hydrogens is 4020 g/mol. The molecule has 3 aromatic heterocycles. The van der Waals surface area contributed by atoms with Crippen LogP contribution in [0, 0.1) is 135 Å². The molecule has 0 saturated heterocycles. The Kier molecular flexibility index (Phi) is 399. The number of aromatic nitrogens is 4. The third kappa shape index (κ3) is 108. The van der Waals surface area contributed by atoms with E-state index in [-0.39, 0.29) is 1170 Å². The normalized spacial score (nSPS) is 6.57. The molecule has 0 amide bonds. The van der Waals surface area contributed by atoms with E-state index >= 15 is 0 Å². The summed E-state index contributed by atoms with van der Waals surface area (Å²) in [7, 11) is 0. The van der Waals surface area contributed by atoms with E-state index in [1.54, 1.807) is 11.3 Å². The maximum Gasteiger partial charge on any atom is 0.192 e. The van der Waals surface area contributed by atoms with Crippen LogP contribution in [-0.2, 0) is 1090 Å². The summed E-state index contributed by atoms with van der Waals surface area (Å²) in [6.07, 6.45) is 2.12. The number of hydrogen-bond acceptors (Lipinski definition) is 5. The van der Waals surface area contributed by atoms with Crippen molar-refractivity contribution >= 4 is 11.3 Å². The first-order valence-electron chi connectivity index (χ1n) is 26.6. The molecule has 12 rings (SSSR count). The first-order valence-corrected chi connectivity index (χ1v) is 27.4. The predicted molar refractivity (Wildman–Crippen MR) is 400 cm³/mol. The largest absolute Gasteiger partial charge is 0.440 e. The number of oxazole rings is 1. The maximum atomic E-state index is 5.74. The molecule has 11 aromatic rings. The second-order valence-corrected chi connectivity index (χ2v) is 18.1. The molecule has 0 spiro atoms. The van der Waals surface area contributed by atoms with Gasteiger partial charge in [-0.25, -0.2) is 9.67 Å². The van der Waals surface area contributed by atoms with Crippen LogP contribution in [0.4, 0.5) is 0 Å². The summed E-state index contributed by atoms with van der Waals surface area (Å²) < 4.78 is 7.78. The van der Waals surface area contributed by atoms with Crippen molar-refractivity contribution in [2.24, 2.45) is 0 Å². The molecule has 0 bridgehead atoms. The average molecular weight is 4130 g/mol. The summed E-state index contributed by atoms with van der Waals surface area (Å²) in [6, 6.07) is 76.3. The average Bonchev–Trinajstić information content (AvgIpc) is 1.65. The van der Waals surface area contributed by atoms with Crippen LogP contribution < -0.4 is 0 Å². The Balaban J connectivity index is -0.0000000168. The van der Waals surface area contributed by atoms with Gasteiger partial charge in [0.15, 0.2) is 11.7 Å².